The lowest BCUT2D eigenvalue weighted by molar-refractivity contribution is -0.0265. The maximum Gasteiger partial charge on any atom is 0.158 e. The minimum atomic E-state index is -0.458. The van der Waals surface area contributed by atoms with Gasteiger partial charge in [-0.2, -0.15) is 0 Å². The molecule has 0 spiro atoms. The van der Waals surface area contributed by atoms with E-state index in [2.05, 4.69) is 14.8 Å². The molecule has 0 aromatic heterocycles. The number of aliphatic hydroxyl groups excluding tert-OH is 1. The summed E-state index contributed by atoms with van der Waals surface area (Å²) in [6.07, 6.45) is -0.565. The SMILES string of the molecule is COC1C(NC=N)OC(CO)C1OP. The van der Waals surface area contributed by atoms with Gasteiger partial charge in [-0.1, -0.05) is 0 Å². The highest BCUT2D eigenvalue weighted by Gasteiger charge is 2.44. The van der Waals surface area contributed by atoms with Gasteiger partial charge in [0.05, 0.1) is 12.9 Å². The molecule has 0 aromatic rings. The Morgan fingerprint density at radius 1 is 1.64 bits per heavy atom. The first-order valence-electron chi connectivity index (χ1n) is 4.18. The molecule has 1 rings (SSSR count). The molecule has 1 aliphatic rings. The van der Waals surface area contributed by atoms with E-state index in [0.717, 1.165) is 6.34 Å². The second-order valence-corrected chi connectivity index (χ2v) is 3.16. The van der Waals surface area contributed by atoms with E-state index in [-0.39, 0.29) is 18.8 Å². The average molecular weight is 222 g/mol. The highest BCUT2D eigenvalue weighted by Crippen LogP contribution is 2.25. The first-order chi connectivity index (χ1) is 6.78. The zero-order valence-electron chi connectivity index (χ0n) is 7.84. The van der Waals surface area contributed by atoms with Crippen LogP contribution in [0.25, 0.3) is 0 Å². The van der Waals surface area contributed by atoms with Gasteiger partial charge in [-0.3, -0.25) is 5.41 Å². The van der Waals surface area contributed by atoms with E-state index in [1.807, 2.05) is 0 Å². The summed E-state index contributed by atoms with van der Waals surface area (Å²) in [5.41, 5.74) is 0. The van der Waals surface area contributed by atoms with E-state index in [1.165, 1.54) is 7.11 Å². The second-order valence-electron chi connectivity index (χ2n) is 2.89. The Balaban J connectivity index is 2.67. The predicted octanol–water partition coefficient (Wildman–Crippen LogP) is -0.909. The van der Waals surface area contributed by atoms with Crippen molar-refractivity contribution in [3.8, 4) is 0 Å². The highest BCUT2D eigenvalue weighted by molar-refractivity contribution is 7.09. The first-order valence-corrected chi connectivity index (χ1v) is 4.65. The van der Waals surface area contributed by atoms with Crippen LogP contribution in [0.3, 0.4) is 0 Å². The molecule has 0 bridgehead atoms. The Hall–Kier alpha value is -0.260. The molecule has 5 atom stereocenters. The van der Waals surface area contributed by atoms with Crippen molar-refractivity contribution in [3.63, 3.8) is 0 Å². The molecule has 5 unspecified atom stereocenters. The van der Waals surface area contributed by atoms with Gasteiger partial charge in [0, 0.05) is 16.6 Å². The van der Waals surface area contributed by atoms with Gasteiger partial charge in [-0.05, 0) is 0 Å². The standard InChI is InChI=1S/C7H15N2O4P/c1-11-6-5(13-14)4(2-10)12-7(6)9-3-8/h3-7,10H,2,14H2,1H3,(H2,8,9). The van der Waals surface area contributed by atoms with Gasteiger partial charge in [0.15, 0.2) is 6.23 Å². The quantitative estimate of drug-likeness (QED) is 0.318. The summed E-state index contributed by atoms with van der Waals surface area (Å²) in [6.45, 7) is -0.144. The summed E-state index contributed by atoms with van der Waals surface area (Å²) >= 11 is 0. The number of rotatable bonds is 5. The minimum Gasteiger partial charge on any atom is -0.394 e. The van der Waals surface area contributed by atoms with Crippen LogP contribution in [0.1, 0.15) is 0 Å². The molecule has 0 aliphatic carbocycles. The van der Waals surface area contributed by atoms with Crippen LogP contribution in [0.15, 0.2) is 0 Å². The number of hydrogen-bond donors (Lipinski definition) is 3. The number of aliphatic hydroxyl groups is 1. The Kier molecular flexibility index (Phi) is 4.71. The van der Waals surface area contributed by atoms with Gasteiger partial charge in [0.25, 0.3) is 0 Å². The smallest absolute Gasteiger partial charge is 0.158 e. The summed E-state index contributed by atoms with van der Waals surface area (Å²) in [4.78, 5) is 0. The molecule has 0 aromatic carbocycles. The predicted molar refractivity (Wildman–Crippen MR) is 53.0 cm³/mol. The van der Waals surface area contributed by atoms with Crippen LogP contribution in [0.5, 0.6) is 0 Å². The molecule has 1 saturated heterocycles. The lowest BCUT2D eigenvalue weighted by Crippen LogP contribution is -2.41. The number of methoxy groups -OCH3 is 1. The molecule has 3 N–H and O–H groups in total. The molecule has 7 heteroatoms. The number of nitrogens with one attached hydrogen (secondary N) is 2. The third-order valence-electron chi connectivity index (χ3n) is 2.17. The molecule has 0 amide bonds. The maximum atomic E-state index is 9.01. The van der Waals surface area contributed by atoms with Crippen molar-refractivity contribution in [2.75, 3.05) is 13.7 Å². The fourth-order valence-electron chi connectivity index (χ4n) is 1.51. The molecule has 82 valence electrons. The third-order valence-corrected chi connectivity index (χ3v) is 2.48. The molecule has 1 heterocycles. The average Bonchev–Trinajstić information content (AvgIpc) is 2.55. The van der Waals surface area contributed by atoms with Crippen molar-refractivity contribution < 1.29 is 19.1 Å². The van der Waals surface area contributed by atoms with Gasteiger partial charge >= 0.3 is 0 Å². The van der Waals surface area contributed by atoms with Crippen LogP contribution in [0.4, 0.5) is 0 Å². The molecule has 0 radical (unpaired) electrons. The van der Waals surface area contributed by atoms with E-state index >= 15 is 0 Å². The van der Waals surface area contributed by atoms with Crippen LogP contribution >= 0.6 is 9.47 Å². The van der Waals surface area contributed by atoms with E-state index in [9.17, 15) is 0 Å². The van der Waals surface area contributed by atoms with Gasteiger partial charge in [-0.25, -0.2) is 0 Å². The van der Waals surface area contributed by atoms with Gasteiger partial charge < -0.3 is 24.4 Å². The fraction of sp³-hybridized carbons (Fsp3) is 0.857. The maximum absolute atomic E-state index is 9.01. The van der Waals surface area contributed by atoms with Crippen molar-refractivity contribution in [1.82, 2.24) is 5.32 Å². The van der Waals surface area contributed by atoms with E-state index in [1.54, 1.807) is 0 Å². The lowest BCUT2D eigenvalue weighted by atomic mass is 10.1. The fourth-order valence-corrected chi connectivity index (χ4v) is 1.84. The summed E-state index contributed by atoms with van der Waals surface area (Å²) in [5, 5.41) is 18.6. The van der Waals surface area contributed by atoms with Crippen molar-refractivity contribution >= 4 is 15.8 Å². The molecular weight excluding hydrogens is 207 g/mol. The van der Waals surface area contributed by atoms with E-state index in [0.29, 0.717) is 0 Å². The monoisotopic (exact) mass is 222 g/mol. The zero-order chi connectivity index (χ0) is 10.6. The van der Waals surface area contributed by atoms with Crippen LogP contribution in [-0.4, -0.2) is 49.7 Å². The van der Waals surface area contributed by atoms with Crippen LogP contribution in [0, 0.1) is 5.41 Å². The molecule has 14 heavy (non-hydrogen) atoms. The third kappa shape index (κ3) is 2.21. The molecule has 1 aliphatic heterocycles. The van der Waals surface area contributed by atoms with Gasteiger partial charge in [-0.15, -0.1) is 0 Å². The number of hydrogen-bond acceptors (Lipinski definition) is 5. The van der Waals surface area contributed by atoms with Crippen LogP contribution in [0.2, 0.25) is 0 Å². The Bertz CT molecular complexity index is 195. The second kappa shape index (κ2) is 5.58. The first kappa shape index (κ1) is 11.8. The topological polar surface area (TPSA) is 83.8 Å². The summed E-state index contributed by atoms with van der Waals surface area (Å²) in [6, 6.07) is 0. The van der Waals surface area contributed by atoms with Crippen molar-refractivity contribution in [1.29, 1.82) is 5.41 Å². The van der Waals surface area contributed by atoms with Crippen LogP contribution < -0.4 is 5.32 Å². The lowest BCUT2D eigenvalue weighted by Gasteiger charge is -2.20. The van der Waals surface area contributed by atoms with Crippen molar-refractivity contribution in [3.05, 3.63) is 0 Å². The van der Waals surface area contributed by atoms with E-state index < -0.39 is 12.3 Å². The molecule has 1 fully saturated rings. The largest absolute Gasteiger partial charge is 0.394 e. The number of ether oxygens (including phenoxy) is 2. The molecular formula is C7H15N2O4P. The van der Waals surface area contributed by atoms with Gasteiger partial charge in [0.1, 0.15) is 18.3 Å². The Morgan fingerprint density at radius 3 is 2.79 bits per heavy atom. The van der Waals surface area contributed by atoms with Crippen molar-refractivity contribution in [2.24, 2.45) is 0 Å². The molecule has 0 saturated carbocycles. The Morgan fingerprint density at radius 2 is 2.36 bits per heavy atom. The summed E-state index contributed by atoms with van der Waals surface area (Å²) < 4.78 is 15.6. The van der Waals surface area contributed by atoms with Crippen LogP contribution in [-0.2, 0) is 14.0 Å². The van der Waals surface area contributed by atoms with Crippen molar-refractivity contribution in [2.45, 2.75) is 24.5 Å². The zero-order valence-corrected chi connectivity index (χ0v) is 9.00. The normalized spacial score (nSPS) is 37.1. The van der Waals surface area contributed by atoms with Gasteiger partial charge in [0.2, 0.25) is 0 Å². The molecule has 6 nitrogen and oxygen atoms in total. The summed E-state index contributed by atoms with van der Waals surface area (Å²) in [5.74, 6) is 0. The Labute approximate surface area is 84.7 Å². The minimum absolute atomic E-state index is 0.144. The van der Waals surface area contributed by atoms with E-state index in [4.69, 9.17) is 24.5 Å². The summed E-state index contributed by atoms with van der Waals surface area (Å²) in [7, 11) is 3.66. The highest BCUT2D eigenvalue weighted by atomic mass is 31.0.